The number of hydrogen-bond acceptors (Lipinski definition) is 5. The van der Waals surface area contributed by atoms with Crippen LogP contribution in [0.2, 0.25) is 0 Å². The van der Waals surface area contributed by atoms with Crippen molar-refractivity contribution in [2.24, 2.45) is 4.99 Å². The molecule has 6 nitrogen and oxygen atoms in total. The molecular weight excluding hydrogens is 463 g/mol. The lowest BCUT2D eigenvalue weighted by Crippen LogP contribution is -2.50. The van der Waals surface area contributed by atoms with Crippen LogP contribution in [-0.2, 0) is 0 Å². The summed E-state index contributed by atoms with van der Waals surface area (Å²) in [4.78, 5) is 23.5. The lowest BCUT2D eigenvalue weighted by atomic mass is 10.1. The van der Waals surface area contributed by atoms with Gasteiger partial charge in [-0.1, -0.05) is 15.9 Å². The van der Waals surface area contributed by atoms with Crippen molar-refractivity contribution in [1.29, 1.82) is 0 Å². The third-order valence-electron chi connectivity index (χ3n) is 6.21. The van der Waals surface area contributed by atoms with Crippen LogP contribution >= 0.6 is 15.9 Å². The largest absolute Gasteiger partial charge is 0.494 e. The van der Waals surface area contributed by atoms with Gasteiger partial charge in [-0.25, -0.2) is 4.39 Å². The average Bonchev–Trinajstić information content (AvgIpc) is 3.21. The number of halogens is 2. The molecule has 3 aromatic rings. The normalized spacial score (nSPS) is 19.4. The maximum absolute atomic E-state index is 14.9. The van der Waals surface area contributed by atoms with Crippen LogP contribution in [0.3, 0.4) is 0 Å². The maximum atomic E-state index is 14.9. The van der Waals surface area contributed by atoms with E-state index in [1.54, 1.807) is 30.3 Å². The molecule has 2 aromatic carbocycles. The van der Waals surface area contributed by atoms with Gasteiger partial charge in [-0.05, 0) is 49.7 Å². The minimum Gasteiger partial charge on any atom is -0.494 e. The molecule has 2 fully saturated rings. The molecule has 1 aromatic heterocycles. The molecule has 2 saturated heterocycles. The Morgan fingerprint density at radius 2 is 2.03 bits per heavy atom. The summed E-state index contributed by atoms with van der Waals surface area (Å²) in [6, 6.07) is 10.7. The lowest BCUT2D eigenvalue weighted by Gasteiger charge is -2.38. The van der Waals surface area contributed by atoms with Crippen molar-refractivity contribution < 1.29 is 9.50 Å². The Morgan fingerprint density at radius 3 is 2.87 bits per heavy atom. The summed E-state index contributed by atoms with van der Waals surface area (Å²) < 4.78 is 15.7. The van der Waals surface area contributed by atoms with Crippen molar-refractivity contribution >= 4 is 44.3 Å². The second-order valence-corrected chi connectivity index (χ2v) is 8.99. The Balaban J connectivity index is 1.43. The van der Waals surface area contributed by atoms with Crippen LogP contribution in [0, 0.1) is 5.82 Å². The minimum atomic E-state index is -0.380. The van der Waals surface area contributed by atoms with Gasteiger partial charge in [-0.3, -0.25) is 19.7 Å². The first kappa shape index (κ1) is 20.2. The maximum Gasteiger partial charge on any atom is 0.258 e. The number of pyridine rings is 1. The SMILES string of the molecule is O=c1[nH]c(O)c(C=Nc2ccc(N3CCN4CCC[C@H]4C3)c(F)c2)c2cc(Br)ccc12. The summed E-state index contributed by atoms with van der Waals surface area (Å²) in [7, 11) is 0. The fourth-order valence-electron chi connectivity index (χ4n) is 4.62. The van der Waals surface area contributed by atoms with Crippen LogP contribution in [0.1, 0.15) is 18.4 Å². The molecule has 0 aliphatic carbocycles. The number of benzene rings is 2. The van der Waals surface area contributed by atoms with E-state index in [-0.39, 0.29) is 17.3 Å². The van der Waals surface area contributed by atoms with E-state index in [0.717, 1.165) is 30.7 Å². The van der Waals surface area contributed by atoms with Crippen LogP contribution in [0.5, 0.6) is 5.88 Å². The Bertz CT molecular complexity index is 1240. The number of hydrogen-bond donors (Lipinski definition) is 2. The number of aromatic hydroxyl groups is 1. The quantitative estimate of drug-likeness (QED) is 0.547. The van der Waals surface area contributed by atoms with Crippen LogP contribution in [-0.4, -0.2) is 53.4 Å². The highest BCUT2D eigenvalue weighted by Gasteiger charge is 2.31. The zero-order valence-corrected chi connectivity index (χ0v) is 18.4. The number of aliphatic imine (C=N–C) groups is 1. The Labute approximate surface area is 187 Å². The fourth-order valence-corrected chi connectivity index (χ4v) is 4.98. The van der Waals surface area contributed by atoms with Gasteiger partial charge in [0.2, 0.25) is 5.88 Å². The number of H-pyrrole nitrogens is 1. The van der Waals surface area contributed by atoms with E-state index in [4.69, 9.17) is 0 Å². The molecule has 2 aliphatic rings. The van der Waals surface area contributed by atoms with Gasteiger partial charge >= 0.3 is 0 Å². The molecule has 0 unspecified atom stereocenters. The number of anilines is 1. The predicted molar refractivity (Wildman–Crippen MR) is 124 cm³/mol. The van der Waals surface area contributed by atoms with Gasteiger partial charge in [0.05, 0.1) is 16.9 Å². The minimum absolute atomic E-state index is 0.272. The molecule has 0 radical (unpaired) electrons. The molecule has 1 atom stereocenters. The van der Waals surface area contributed by atoms with E-state index in [1.807, 2.05) is 0 Å². The number of fused-ring (bicyclic) bond motifs is 2. The molecule has 0 spiro atoms. The summed E-state index contributed by atoms with van der Waals surface area (Å²) in [6.45, 7) is 3.80. The smallest absolute Gasteiger partial charge is 0.258 e. The molecule has 0 bridgehead atoms. The first-order valence-electron chi connectivity index (χ1n) is 10.4. The second-order valence-electron chi connectivity index (χ2n) is 8.08. The summed E-state index contributed by atoms with van der Waals surface area (Å²) in [5, 5.41) is 11.3. The van der Waals surface area contributed by atoms with E-state index in [1.165, 1.54) is 25.1 Å². The van der Waals surface area contributed by atoms with E-state index in [9.17, 15) is 14.3 Å². The zero-order valence-electron chi connectivity index (χ0n) is 16.8. The van der Waals surface area contributed by atoms with Crippen LogP contribution in [0.15, 0.2) is 50.7 Å². The molecule has 0 saturated carbocycles. The van der Waals surface area contributed by atoms with Gasteiger partial charge in [0.25, 0.3) is 5.56 Å². The van der Waals surface area contributed by atoms with Crippen molar-refractivity contribution in [2.75, 3.05) is 31.1 Å². The molecule has 0 amide bonds. The second kappa shape index (κ2) is 8.09. The summed E-state index contributed by atoms with van der Waals surface area (Å²) in [5.74, 6) is -0.578. The topological polar surface area (TPSA) is 71.9 Å². The van der Waals surface area contributed by atoms with Crippen molar-refractivity contribution in [3.05, 3.63) is 62.6 Å². The first-order chi connectivity index (χ1) is 15.0. The Morgan fingerprint density at radius 1 is 1.16 bits per heavy atom. The highest BCUT2D eigenvalue weighted by molar-refractivity contribution is 9.10. The van der Waals surface area contributed by atoms with Crippen LogP contribution in [0.4, 0.5) is 15.8 Å². The summed E-state index contributed by atoms with van der Waals surface area (Å²) in [5.41, 5.74) is 1.04. The number of aromatic nitrogens is 1. The van der Waals surface area contributed by atoms with Crippen LogP contribution in [0.25, 0.3) is 10.8 Å². The Hall–Kier alpha value is -2.71. The number of piperazine rings is 1. The van der Waals surface area contributed by atoms with Gasteiger partial charge in [0.1, 0.15) is 5.82 Å². The number of nitrogens with one attached hydrogen (secondary N) is 1. The average molecular weight is 485 g/mol. The first-order valence-corrected chi connectivity index (χ1v) is 11.2. The highest BCUT2D eigenvalue weighted by Crippen LogP contribution is 2.30. The molecule has 160 valence electrons. The van der Waals surface area contributed by atoms with Gasteiger partial charge < -0.3 is 10.0 Å². The van der Waals surface area contributed by atoms with Gasteiger partial charge in [-0.15, -0.1) is 0 Å². The Kier molecular flexibility index (Phi) is 5.27. The standard InChI is InChI=1S/C23H22BrFN4O2/c24-14-3-5-17-18(10-14)19(23(31)27-22(17)30)12-26-15-4-6-21(20(25)11-15)29-9-8-28-7-1-2-16(28)13-29/h3-6,10-12,16H,1-2,7-9,13H2,(H2,27,30,31)/t16-/m0/s1. The highest BCUT2D eigenvalue weighted by atomic mass is 79.9. The number of nitrogens with zero attached hydrogens (tertiary/aromatic N) is 3. The van der Waals surface area contributed by atoms with Gasteiger partial charge in [-0.2, -0.15) is 0 Å². The van der Waals surface area contributed by atoms with E-state index >= 15 is 0 Å². The molecule has 8 heteroatoms. The van der Waals surface area contributed by atoms with Gasteiger partial charge in [0.15, 0.2) is 0 Å². The summed E-state index contributed by atoms with van der Waals surface area (Å²) >= 11 is 3.39. The van der Waals surface area contributed by atoms with Crippen molar-refractivity contribution in [3.8, 4) is 5.88 Å². The van der Waals surface area contributed by atoms with E-state index in [2.05, 4.69) is 35.7 Å². The predicted octanol–water partition coefficient (Wildman–Crippen LogP) is 4.17. The molecule has 5 rings (SSSR count). The molecular formula is C23H22BrFN4O2. The lowest BCUT2D eigenvalue weighted by molar-refractivity contribution is 0.230. The number of aromatic amines is 1. The molecule has 2 N–H and O–H groups in total. The zero-order chi connectivity index (χ0) is 21.5. The van der Waals surface area contributed by atoms with Crippen molar-refractivity contribution in [2.45, 2.75) is 18.9 Å². The third-order valence-corrected chi connectivity index (χ3v) is 6.70. The third kappa shape index (κ3) is 3.85. The van der Waals surface area contributed by atoms with Crippen molar-refractivity contribution in [3.63, 3.8) is 0 Å². The van der Waals surface area contributed by atoms with Crippen molar-refractivity contribution in [1.82, 2.24) is 9.88 Å². The molecule has 3 heterocycles. The monoisotopic (exact) mass is 484 g/mol. The fraction of sp³-hybridized carbons (Fsp3) is 0.304. The molecule has 31 heavy (non-hydrogen) atoms. The summed E-state index contributed by atoms with van der Waals surface area (Å²) in [6.07, 6.45) is 3.84. The number of rotatable bonds is 3. The van der Waals surface area contributed by atoms with Gasteiger partial charge in [0, 0.05) is 53.2 Å². The van der Waals surface area contributed by atoms with Crippen LogP contribution < -0.4 is 10.5 Å². The molecule has 2 aliphatic heterocycles. The van der Waals surface area contributed by atoms with E-state index < -0.39 is 0 Å². The van der Waals surface area contributed by atoms with E-state index in [0.29, 0.717) is 33.8 Å².